The Bertz CT molecular complexity index is 1400. The highest BCUT2D eigenvalue weighted by molar-refractivity contribution is 7.92. The zero-order valence-electron chi connectivity index (χ0n) is 18.4. The molecular formula is C25H20ClF4NO3S. The van der Waals surface area contributed by atoms with Gasteiger partial charge in [-0.15, -0.1) is 0 Å². The van der Waals surface area contributed by atoms with Crippen LogP contribution in [-0.4, -0.2) is 26.2 Å². The van der Waals surface area contributed by atoms with Gasteiger partial charge in [0.15, 0.2) is 0 Å². The number of sulfonamides is 1. The predicted molar refractivity (Wildman–Crippen MR) is 127 cm³/mol. The van der Waals surface area contributed by atoms with Crippen LogP contribution in [0.1, 0.15) is 29.2 Å². The van der Waals surface area contributed by atoms with E-state index in [0.717, 1.165) is 22.5 Å². The minimum atomic E-state index is -4.71. The Kier molecular flexibility index (Phi) is 6.70. The van der Waals surface area contributed by atoms with Gasteiger partial charge in [0.2, 0.25) is 0 Å². The first-order valence-electron chi connectivity index (χ1n) is 10.5. The first-order valence-corrected chi connectivity index (χ1v) is 12.3. The zero-order chi connectivity index (χ0) is 25.5. The third kappa shape index (κ3) is 5.07. The Morgan fingerprint density at radius 1 is 1.11 bits per heavy atom. The molecular weight excluding hydrogens is 506 g/mol. The number of nitrogens with zero attached hydrogens (tertiary/aromatic N) is 1. The summed E-state index contributed by atoms with van der Waals surface area (Å²) in [6.07, 6.45) is -3.95. The summed E-state index contributed by atoms with van der Waals surface area (Å²) in [5.41, 5.74) is 0.880. The van der Waals surface area contributed by atoms with Gasteiger partial charge in [-0.3, -0.25) is 4.31 Å². The molecule has 10 heteroatoms. The van der Waals surface area contributed by atoms with Crippen LogP contribution in [0.15, 0.2) is 65.6 Å². The average molecular weight is 526 g/mol. The van der Waals surface area contributed by atoms with Gasteiger partial charge >= 0.3 is 6.18 Å². The van der Waals surface area contributed by atoms with Gasteiger partial charge in [0.25, 0.3) is 10.0 Å². The van der Waals surface area contributed by atoms with Gasteiger partial charge in [0.05, 0.1) is 33.8 Å². The van der Waals surface area contributed by atoms with Crippen LogP contribution >= 0.6 is 11.6 Å². The molecule has 0 aromatic heterocycles. The Hall–Kier alpha value is -2.88. The van der Waals surface area contributed by atoms with Crippen LogP contribution in [0, 0.1) is 5.82 Å². The van der Waals surface area contributed by atoms with Crippen molar-refractivity contribution in [2.45, 2.75) is 30.5 Å². The van der Waals surface area contributed by atoms with Crippen molar-refractivity contribution in [1.29, 1.82) is 0 Å². The number of hydrogen-bond acceptors (Lipinski definition) is 3. The Labute approximate surface area is 205 Å². The van der Waals surface area contributed by atoms with E-state index in [4.69, 9.17) is 11.6 Å². The monoisotopic (exact) mass is 525 g/mol. The molecule has 0 unspecified atom stereocenters. The predicted octanol–water partition coefficient (Wildman–Crippen LogP) is 6.17. The summed E-state index contributed by atoms with van der Waals surface area (Å²) in [6, 6.07) is 12.6. The van der Waals surface area contributed by atoms with Crippen molar-refractivity contribution < 1.29 is 31.1 Å². The fourth-order valence-electron chi connectivity index (χ4n) is 4.07. The minimum absolute atomic E-state index is 0.173. The summed E-state index contributed by atoms with van der Waals surface area (Å²) < 4.78 is 81.5. The molecule has 3 aromatic carbocycles. The number of aliphatic hydroxyl groups is 1. The van der Waals surface area contributed by atoms with Gasteiger partial charge in [-0.05, 0) is 60.0 Å². The summed E-state index contributed by atoms with van der Waals surface area (Å²) in [5.74, 6) is -0.513. The van der Waals surface area contributed by atoms with Gasteiger partial charge in [-0.25, -0.2) is 12.8 Å². The van der Waals surface area contributed by atoms with Crippen molar-refractivity contribution in [3.05, 3.63) is 93.8 Å². The molecule has 3 aromatic rings. The van der Waals surface area contributed by atoms with Gasteiger partial charge in [0, 0.05) is 12.0 Å². The number of allylic oxidation sites excluding steroid dienone is 1. The van der Waals surface area contributed by atoms with Crippen LogP contribution in [0.25, 0.3) is 11.6 Å². The van der Waals surface area contributed by atoms with Crippen LogP contribution in [0.2, 0.25) is 5.02 Å². The number of fused-ring (bicyclic) bond motifs is 1. The number of benzene rings is 3. The van der Waals surface area contributed by atoms with E-state index in [9.17, 15) is 31.1 Å². The number of rotatable bonds is 4. The van der Waals surface area contributed by atoms with Crippen molar-refractivity contribution in [2.75, 3.05) is 10.8 Å². The summed E-state index contributed by atoms with van der Waals surface area (Å²) >= 11 is 6.14. The molecule has 1 atom stereocenters. The zero-order valence-corrected chi connectivity index (χ0v) is 19.9. The quantitative estimate of drug-likeness (QED) is 0.327. The number of alkyl halides is 3. The van der Waals surface area contributed by atoms with Crippen molar-refractivity contribution in [3.63, 3.8) is 0 Å². The molecule has 0 saturated carbocycles. The number of β-amino-alcohol motifs (C(OH)–C–C–N with tert-alkyl or cyclic N) is 1. The van der Waals surface area contributed by atoms with Crippen LogP contribution in [-0.2, 0) is 22.6 Å². The van der Waals surface area contributed by atoms with Crippen LogP contribution < -0.4 is 4.31 Å². The molecule has 0 spiro atoms. The summed E-state index contributed by atoms with van der Waals surface area (Å²) in [6.45, 7) is 1.33. The molecule has 1 aliphatic rings. The highest BCUT2D eigenvalue weighted by Crippen LogP contribution is 2.36. The molecule has 4 nitrogen and oxygen atoms in total. The molecule has 1 N–H and O–H groups in total. The van der Waals surface area contributed by atoms with Crippen molar-refractivity contribution in [1.82, 2.24) is 0 Å². The second kappa shape index (κ2) is 9.29. The summed E-state index contributed by atoms with van der Waals surface area (Å²) in [4.78, 5) is -0.539. The van der Waals surface area contributed by atoms with Crippen molar-refractivity contribution in [2.24, 2.45) is 0 Å². The van der Waals surface area contributed by atoms with Crippen molar-refractivity contribution in [3.8, 4) is 0 Å². The second-order valence-electron chi connectivity index (χ2n) is 8.23. The van der Waals surface area contributed by atoms with Gasteiger partial charge in [-0.1, -0.05) is 41.9 Å². The van der Waals surface area contributed by atoms with Crippen LogP contribution in [0.4, 0.5) is 23.2 Å². The van der Waals surface area contributed by atoms with E-state index in [1.807, 2.05) is 0 Å². The van der Waals surface area contributed by atoms with Gasteiger partial charge in [-0.2, -0.15) is 13.2 Å². The smallest absolute Gasteiger partial charge is 0.391 e. The maximum Gasteiger partial charge on any atom is 0.416 e. The fraction of sp³-hybridized carbons (Fsp3) is 0.200. The largest absolute Gasteiger partial charge is 0.416 e. The summed E-state index contributed by atoms with van der Waals surface area (Å²) in [7, 11) is -4.43. The Morgan fingerprint density at radius 3 is 2.51 bits per heavy atom. The van der Waals surface area contributed by atoms with E-state index >= 15 is 0 Å². The molecule has 184 valence electrons. The number of aliphatic hydroxyl groups excluding tert-OH is 1. The molecule has 0 radical (unpaired) electrons. The lowest BCUT2D eigenvalue weighted by Gasteiger charge is -2.33. The number of halogens is 5. The third-order valence-electron chi connectivity index (χ3n) is 5.70. The molecule has 0 aliphatic carbocycles. The van der Waals surface area contributed by atoms with Gasteiger partial charge in [0.1, 0.15) is 5.82 Å². The molecule has 0 amide bonds. The van der Waals surface area contributed by atoms with E-state index in [0.29, 0.717) is 22.8 Å². The fourth-order valence-corrected chi connectivity index (χ4v) is 5.96. The standard InChI is InChI=1S/C25H20ClF4NO3S/c1-15(24-21(26)6-3-7-22(24)27)10-16-8-9-17-12-19(32)14-31(23(17)11-16)35(33,34)20-5-2-4-18(13-20)25(28,29)30/h2-11,13,19,32H,12,14H2,1H3/t19-/m1/s1. The van der Waals surface area contributed by atoms with E-state index < -0.39 is 38.6 Å². The second-order valence-corrected chi connectivity index (χ2v) is 10.5. The SMILES string of the molecule is CC(=Cc1ccc2c(c1)N(S(=O)(=O)c1cccc(C(F)(F)F)c1)C[C@H](O)C2)c1c(F)cccc1Cl. The molecule has 35 heavy (non-hydrogen) atoms. The highest BCUT2D eigenvalue weighted by atomic mass is 35.5. The lowest BCUT2D eigenvalue weighted by Crippen LogP contribution is -2.42. The van der Waals surface area contributed by atoms with Crippen LogP contribution in [0.5, 0.6) is 0 Å². The molecule has 0 fully saturated rings. The van der Waals surface area contributed by atoms with E-state index in [2.05, 4.69) is 0 Å². The maximum atomic E-state index is 14.3. The lowest BCUT2D eigenvalue weighted by molar-refractivity contribution is -0.137. The first-order chi connectivity index (χ1) is 16.4. The molecule has 4 rings (SSSR count). The topological polar surface area (TPSA) is 57.6 Å². The molecule has 0 bridgehead atoms. The third-order valence-corrected chi connectivity index (χ3v) is 7.79. The molecule has 0 saturated heterocycles. The number of anilines is 1. The van der Waals surface area contributed by atoms with E-state index in [1.54, 1.807) is 37.3 Å². The van der Waals surface area contributed by atoms with E-state index in [-0.39, 0.29) is 29.2 Å². The molecule has 1 aliphatic heterocycles. The van der Waals surface area contributed by atoms with Gasteiger partial charge < -0.3 is 5.11 Å². The first kappa shape index (κ1) is 25.2. The Balaban J connectivity index is 1.79. The lowest BCUT2D eigenvalue weighted by atomic mass is 9.97. The van der Waals surface area contributed by atoms with Crippen molar-refractivity contribution >= 4 is 39.0 Å². The highest BCUT2D eigenvalue weighted by Gasteiger charge is 2.36. The summed E-state index contributed by atoms with van der Waals surface area (Å²) in [5, 5.41) is 10.5. The Morgan fingerprint density at radius 2 is 1.83 bits per heavy atom. The van der Waals surface area contributed by atoms with E-state index in [1.165, 1.54) is 12.1 Å². The normalized spacial score (nSPS) is 16.8. The van der Waals surface area contributed by atoms with Crippen LogP contribution in [0.3, 0.4) is 0 Å². The average Bonchev–Trinajstić information content (AvgIpc) is 2.78. The number of hydrogen-bond donors (Lipinski definition) is 1. The molecule has 1 heterocycles. The minimum Gasteiger partial charge on any atom is -0.391 e. The maximum absolute atomic E-state index is 14.3.